The molecule has 4 aliphatic rings. The maximum absolute atomic E-state index is 17.2. The van der Waals surface area contributed by atoms with Crippen molar-refractivity contribution in [3.63, 3.8) is 0 Å². The summed E-state index contributed by atoms with van der Waals surface area (Å²) in [7, 11) is 2.28. The van der Waals surface area contributed by atoms with E-state index in [9.17, 15) is 13.8 Å². The van der Waals surface area contributed by atoms with E-state index in [0.29, 0.717) is 30.5 Å². The van der Waals surface area contributed by atoms with Crippen molar-refractivity contribution in [2.75, 3.05) is 51.7 Å². The zero-order valence-electron chi connectivity index (χ0n) is 31.8. The minimum Gasteiger partial charge on any atom is -0.491 e. The number of halogens is 2. The molecule has 296 valence electrons. The number of amides is 2. The summed E-state index contributed by atoms with van der Waals surface area (Å²) < 4.78 is 63.6. The summed E-state index contributed by atoms with van der Waals surface area (Å²) in [6, 6.07) is 8.95. The van der Waals surface area contributed by atoms with Crippen LogP contribution in [0.1, 0.15) is 70.4 Å². The first-order valence-corrected chi connectivity index (χ1v) is 20.9. The first-order valence-electron chi connectivity index (χ1n) is 18.8. The highest BCUT2D eigenvalue weighted by atomic mass is 35.5. The molecular weight excluding hydrogens is 749 g/mol. The van der Waals surface area contributed by atoms with Gasteiger partial charge in [-0.1, -0.05) is 36.7 Å². The molecule has 15 heteroatoms. The Morgan fingerprint density at radius 2 is 1.84 bits per heavy atom. The number of ether oxygens (including phenoxy) is 4. The van der Waals surface area contributed by atoms with Crippen molar-refractivity contribution < 1.29 is 37.1 Å². The number of hydrogen-bond donors (Lipinski definition) is 1. The third-order valence-corrected chi connectivity index (χ3v) is 14.0. The number of nitrogens with one attached hydrogen (secondary N) is 1. The van der Waals surface area contributed by atoms with Gasteiger partial charge in [0.2, 0.25) is 5.88 Å². The number of anilines is 1. The molecule has 1 saturated carbocycles. The molecule has 0 radical (unpaired) electrons. The Hall–Kier alpha value is -3.98. The molecular formula is C40H49ClFN5O7S. The van der Waals surface area contributed by atoms with Crippen LogP contribution in [0, 0.1) is 29.5 Å². The molecule has 1 N–H and O–H groups in total. The van der Waals surface area contributed by atoms with Gasteiger partial charge >= 0.3 is 0 Å². The zero-order chi connectivity index (χ0) is 39.0. The number of methoxy groups -OCH3 is 3. The summed E-state index contributed by atoms with van der Waals surface area (Å²) in [4.78, 5) is 29.8. The van der Waals surface area contributed by atoms with Gasteiger partial charge in [-0.25, -0.2) is 8.60 Å². The molecule has 2 aliphatic carbocycles. The lowest BCUT2D eigenvalue weighted by molar-refractivity contribution is 0.0122. The van der Waals surface area contributed by atoms with Gasteiger partial charge in [-0.3, -0.25) is 19.0 Å². The van der Waals surface area contributed by atoms with Gasteiger partial charge in [0.05, 0.1) is 37.2 Å². The van der Waals surface area contributed by atoms with Gasteiger partial charge in [-0.05, 0) is 91.2 Å². The maximum atomic E-state index is 17.2. The summed E-state index contributed by atoms with van der Waals surface area (Å²) in [5.74, 6) is -2.45. The fourth-order valence-electron chi connectivity index (χ4n) is 8.80. The van der Waals surface area contributed by atoms with E-state index in [4.69, 9.17) is 30.5 Å². The SMILES string of the molecule is COc1nn(C)cc1C(=O)NS1(=O)=NC(=O)c2ccc3c(c2F)N(CCC2CCc4cc(Cl)ccc4C2CO3)C[C@@H]2CC[C@H]2[C@@H](OC)C=C[C@H](OC)[C@H](C)C1. The van der Waals surface area contributed by atoms with E-state index >= 15 is 4.39 Å². The molecule has 2 aromatic carbocycles. The number of nitrogens with zero attached hydrogens (tertiary/aromatic N) is 4. The number of benzene rings is 2. The summed E-state index contributed by atoms with van der Waals surface area (Å²) in [6.07, 6.45) is 8.95. The molecule has 3 aromatic rings. The third kappa shape index (κ3) is 8.01. The van der Waals surface area contributed by atoms with Gasteiger partial charge in [-0.2, -0.15) is 0 Å². The highest BCUT2D eigenvalue weighted by Gasteiger charge is 2.40. The van der Waals surface area contributed by atoms with Gasteiger partial charge in [0.25, 0.3) is 11.8 Å². The highest BCUT2D eigenvalue weighted by molar-refractivity contribution is 7.92. The van der Waals surface area contributed by atoms with Crippen LogP contribution in [0.2, 0.25) is 5.02 Å². The van der Waals surface area contributed by atoms with Crippen LogP contribution in [0.5, 0.6) is 11.6 Å². The van der Waals surface area contributed by atoms with Crippen LogP contribution in [0.4, 0.5) is 10.1 Å². The second kappa shape index (κ2) is 16.2. The van der Waals surface area contributed by atoms with E-state index < -0.39 is 39.6 Å². The maximum Gasteiger partial charge on any atom is 0.289 e. The number of aromatic nitrogens is 2. The van der Waals surface area contributed by atoms with Crippen LogP contribution in [-0.2, 0) is 32.9 Å². The number of aryl methyl sites for hydroxylation is 2. The number of carbonyl (C=O) groups is 2. The molecule has 0 saturated heterocycles. The number of hydrogen-bond acceptors (Lipinski definition) is 9. The van der Waals surface area contributed by atoms with Gasteiger partial charge in [0.1, 0.15) is 26.9 Å². The largest absolute Gasteiger partial charge is 0.491 e. The van der Waals surface area contributed by atoms with E-state index in [0.717, 1.165) is 32.1 Å². The first kappa shape index (κ1) is 39.3. The molecule has 2 amide bonds. The Bertz CT molecular complexity index is 2100. The quantitative estimate of drug-likeness (QED) is 0.293. The van der Waals surface area contributed by atoms with Crippen LogP contribution < -0.4 is 19.1 Å². The Labute approximate surface area is 327 Å². The van der Waals surface area contributed by atoms with E-state index in [1.165, 1.54) is 42.3 Å². The average molecular weight is 798 g/mol. The summed E-state index contributed by atoms with van der Waals surface area (Å²) in [6.45, 7) is 3.18. The lowest BCUT2D eigenvalue weighted by Gasteiger charge is -2.44. The molecule has 8 atom stereocenters. The van der Waals surface area contributed by atoms with E-state index in [1.54, 1.807) is 27.1 Å². The lowest BCUT2D eigenvalue weighted by Crippen LogP contribution is -2.44. The second-order valence-corrected chi connectivity index (χ2v) is 17.6. The predicted molar refractivity (Wildman–Crippen MR) is 208 cm³/mol. The highest BCUT2D eigenvalue weighted by Crippen LogP contribution is 2.46. The van der Waals surface area contributed by atoms with Crippen LogP contribution in [0.15, 0.2) is 53.0 Å². The molecule has 2 aliphatic heterocycles. The van der Waals surface area contributed by atoms with E-state index in [1.807, 2.05) is 29.2 Å². The van der Waals surface area contributed by atoms with Crippen molar-refractivity contribution in [1.82, 2.24) is 14.5 Å². The van der Waals surface area contributed by atoms with Crippen molar-refractivity contribution in [2.45, 2.75) is 57.2 Å². The molecule has 12 nitrogen and oxygen atoms in total. The molecule has 0 spiro atoms. The fourth-order valence-corrected chi connectivity index (χ4v) is 10.9. The standard InChI is InChI=1S/C40H49ClFN5O7S/c1-23-22-55(50,45-39(49)31-20-46(2)43-40(31)53-5)44-38(48)30-12-13-35-37(36(30)42)47(19-26-8-10-29(26)34(52-4)15-14-33(23)51-3)17-16-24-6-7-25-18-27(41)9-11-28(25)32(24)21-54-35/h9,11-15,18,20,23-24,26,29,32-34H,6-8,10,16-17,19,21-22H2,1-5H3,(H,44,45,48,49,50)/t23-,24?,26+,29-,32?,33+,34+,55?/m1/s1. The predicted octanol–water partition coefficient (Wildman–Crippen LogP) is 6.37. The van der Waals surface area contributed by atoms with Crippen molar-refractivity contribution in [2.24, 2.45) is 35.1 Å². The van der Waals surface area contributed by atoms with Crippen LogP contribution in [0.25, 0.3) is 0 Å². The van der Waals surface area contributed by atoms with Crippen molar-refractivity contribution in [1.29, 1.82) is 0 Å². The molecule has 1 aromatic heterocycles. The zero-order valence-corrected chi connectivity index (χ0v) is 33.4. The Morgan fingerprint density at radius 3 is 2.56 bits per heavy atom. The molecule has 3 unspecified atom stereocenters. The number of carbonyl (C=O) groups excluding carboxylic acids is 2. The van der Waals surface area contributed by atoms with E-state index in [2.05, 4.69) is 20.2 Å². The van der Waals surface area contributed by atoms with Crippen LogP contribution in [0.3, 0.4) is 0 Å². The summed E-state index contributed by atoms with van der Waals surface area (Å²) in [5.41, 5.74) is 2.22. The Balaban J connectivity index is 1.33. The van der Waals surface area contributed by atoms with Gasteiger partial charge in [0, 0.05) is 51.5 Å². The van der Waals surface area contributed by atoms with Crippen LogP contribution in [-0.4, -0.2) is 84.8 Å². The molecule has 3 heterocycles. The minimum absolute atomic E-state index is 0.00114. The monoisotopic (exact) mass is 797 g/mol. The van der Waals surface area contributed by atoms with Gasteiger partial charge < -0.3 is 23.8 Å². The van der Waals surface area contributed by atoms with E-state index in [-0.39, 0.29) is 58.2 Å². The smallest absolute Gasteiger partial charge is 0.289 e. The van der Waals surface area contributed by atoms with Gasteiger partial charge in [0.15, 0.2) is 5.82 Å². The lowest BCUT2D eigenvalue weighted by atomic mass is 9.70. The van der Waals surface area contributed by atoms with Crippen LogP contribution >= 0.6 is 11.6 Å². The van der Waals surface area contributed by atoms with Crippen molar-refractivity contribution in [3.8, 4) is 11.6 Å². The molecule has 7 rings (SSSR count). The first-order chi connectivity index (χ1) is 26.4. The normalized spacial score (nSPS) is 29.5. The molecule has 2 bridgehead atoms. The summed E-state index contributed by atoms with van der Waals surface area (Å²) >= 11 is 6.37. The number of fused-ring (bicyclic) bond motifs is 5. The summed E-state index contributed by atoms with van der Waals surface area (Å²) in [5, 5.41) is 4.82. The number of rotatable bonds is 5. The Kier molecular flexibility index (Phi) is 11.6. The average Bonchev–Trinajstić information content (AvgIpc) is 3.56. The fraction of sp³-hybridized carbons (Fsp3) is 0.525. The Morgan fingerprint density at radius 1 is 1.05 bits per heavy atom. The molecule has 1 fully saturated rings. The van der Waals surface area contributed by atoms with Crippen molar-refractivity contribution >= 4 is 39.0 Å². The molecule has 55 heavy (non-hydrogen) atoms. The second-order valence-electron chi connectivity index (χ2n) is 15.2. The third-order valence-electron chi connectivity index (χ3n) is 11.8. The van der Waals surface area contributed by atoms with Gasteiger partial charge in [-0.15, -0.1) is 9.46 Å². The topological polar surface area (TPSA) is 134 Å². The van der Waals surface area contributed by atoms with Crippen molar-refractivity contribution in [3.05, 3.63) is 81.8 Å². The minimum atomic E-state index is -3.90.